The zero-order chi connectivity index (χ0) is 35.7. The normalized spacial score (nSPS) is 25.9. The first-order valence-corrected chi connectivity index (χ1v) is 19.1. The van der Waals surface area contributed by atoms with E-state index in [9.17, 15) is 27.1 Å². The number of nitrogens with zero attached hydrogens (tertiary/aromatic N) is 1. The molecular weight excluding hydrogens is 674 g/mol. The topological polar surface area (TPSA) is 133 Å². The number of esters is 1. The summed E-state index contributed by atoms with van der Waals surface area (Å²) in [5, 5.41) is 15.1. The van der Waals surface area contributed by atoms with Crippen LogP contribution in [0.2, 0.25) is 0 Å². The van der Waals surface area contributed by atoms with E-state index in [1.807, 2.05) is 6.92 Å². The van der Waals surface area contributed by atoms with Crippen molar-refractivity contribution < 1.29 is 50.8 Å². The van der Waals surface area contributed by atoms with Crippen molar-refractivity contribution in [1.82, 2.24) is 9.62 Å². The number of ether oxygens (including phenoxy) is 5. The minimum absolute atomic E-state index is 0.0380. The molecule has 0 saturated carbocycles. The Morgan fingerprint density at radius 2 is 1.82 bits per heavy atom. The van der Waals surface area contributed by atoms with Gasteiger partial charge in [-0.25, -0.2) is 17.2 Å². The molecule has 2 aromatic carbocycles. The van der Waals surface area contributed by atoms with Gasteiger partial charge in [0.15, 0.2) is 6.29 Å². The Morgan fingerprint density at radius 3 is 2.58 bits per heavy atom. The molecule has 3 aliphatic rings. The fraction of sp³-hybridized carbons (Fsp3) is 0.639. The summed E-state index contributed by atoms with van der Waals surface area (Å²) in [6, 6.07) is 7.64. The molecule has 2 saturated heterocycles. The minimum atomic E-state index is -4.17. The molecule has 0 radical (unpaired) electrons. The number of carbonyl (C=O) groups is 1. The number of fused-ring (bicyclic) bond motifs is 2. The summed E-state index contributed by atoms with van der Waals surface area (Å²) in [5.41, 5.74) is 0.657. The molecule has 0 amide bonds. The number of methoxy groups -OCH3 is 1. The van der Waals surface area contributed by atoms with Crippen LogP contribution in [-0.4, -0.2) is 94.9 Å². The van der Waals surface area contributed by atoms with Gasteiger partial charge in [-0.3, -0.25) is 4.79 Å². The summed E-state index contributed by atoms with van der Waals surface area (Å²) in [6.45, 7) is 3.78. The molecular formula is C36H50F2N2O9S. The number of β-amino-alcohol motifs (C(OH)–C–C–N with tert-alkyl or cyclic N) is 1. The average molecular weight is 725 g/mol. The quantitative estimate of drug-likeness (QED) is 0.323. The number of aliphatic hydroxyl groups excluding tert-OH is 1. The van der Waals surface area contributed by atoms with Crippen LogP contribution in [0.5, 0.6) is 5.75 Å². The molecule has 0 spiro atoms. The molecule has 14 heteroatoms. The number of aliphatic hydroxyl groups is 1. The largest absolute Gasteiger partial charge is 0.497 e. The molecule has 6 atom stereocenters. The second kappa shape index (κ2) is 18.2. The molecule has 3 aliphatic heterocycles. The van der Waals surface area contributed by atoms with Crippen molar-refractivity contribution in [2.75, 3.05) is 46.6 Å². The molecule has 5 rings (SSSR count). The molecule has 3 heterocycles. The Bertz CT molecular complexity index is 1510. The highest BCUT2D eigenvalue weighted by Gasteiger charge is 2.47. The van der Waals surface area contributed by atoms with Crippen molar-refractivity contribution in [2.24, 2.45) is 11.8 Å². The highest BCUT2D eigenvalue weighted by molar-refractivity contribution is 7.89. The number of sulfonamides is 1. The zero-order valence-electron chi connectivity index (χ0n) is 28.9. The van der Waals surface area contributed by atoms with Gasteiger partial charge in [-0.1, -0.05) is 26.2 Å². The lowest BCUT2D eigenvalue weighted by Crippen LogP contribution is -2.49. The van der Waals surface area contributed by atoms with Crippen molar-refractivity contribution in [1.29, 1.82) is 0 Å². The van der Waals surface area contributed by atoms with E-state index < -0.39 is 52.0 Å². The molecule has 0 aromatic heterocycles. The number of hydrogen-bond donors (Lipinski definition) is 2. The van der Waals surface area contributed by atoms with Crippen molar-refractivity contribution in [3.8, 4) is 5.75 Å². The van der Waals surface area contributed by atoms with Gasteiger partial charge in [-0.05, 0) is 61.7 Å². The zero-order valence-corrected chi connectivity index (χ0v) is 29.7. The van der Waals surface area contributed by atoms with E-state index in [2.05, 4.69) is 5.32 Å². The first-order valence-electron chi connectivity index (χ1n) is 17.6. The monoisotopic (exact) mass is 724 g/mol. The van der Waals surface area contributed by atoms with E-state index in [0.29, 0.717) is 50.5 Å². The van der Waals surface area contributed by atoms with E-state index in [1.54, 1.807) is 12.1 Å². The lowest BCUT2D eigenvalue weighted by Gasteiger charge is -2.35. The molecule has 0 unspecified atom stereocenters. The Morgan fingerprint density at radius 1 is 1.06 bits per heavy atom. The maximum atomic E-state index is 14.3. The second-order valence-electron chi connectivity index (χ2n) is 13.3. The van der Waals surface area contributed by atoms with Crippen LogP contribution in [0.4, 0.5) is 8.78 Å². The smallest absolute Gasteiger partial charge is 0.306 e. The number of likely N-dealkylation sites (N-methyl/N-ethyl adjacent to an activating group) is 1. The number of benzene rings is 2. The molecule has 2 N–H and O–H groups in total. The maximum Gasteiger partial charge on any atom is 0.306 e. The SMILES string of the molecule is CCN[C@H]1CO[C@@H]2OCC[C@H](OC(=O)C[C@@H](Cc3cc(F)cc(F)c3)[C@H](O)CN3CCCCCCCOCc4cc(OC)ccc4S3(=O)=O)[C@@H]21. The fourth-order valence-electron chi connectivity index (χ4n) is 7.16. The molecule has 0 aliphatic carbocycles. The van der Waals surface area contributed by atoms with Crippen LogP contribution in [0, 0.1) is 23.5 Å². The summed E-state index contributed by atoms with van der Waals surface area (Å²) < 4.78 is 87.1. The third kappa shape index (κ3) is 9.99. The molecule has 2 fully saturated rings. The van der Waals surface area contributed by atoms with E-state index in [1.165, 1.54) is 17.5 Å². The highest BCUT2D eigenvalue weighted by atomic mass is 32.2. The van der Waals surface area contributed by atoms with Crippen LogP contribution in [-0.2, 0) is 46.8 Å². The number of nitrogens with one attached hydrogen (secondary N) is 1. The van der Waals surface area contributed by atoms with E-state index in [4.69, 9.17) is 23.7 Å². The first-order chi connectivity index (χ1) is 24.1. The third-order valence-corrected chi connectivity index (χ3v) is 11.7. The lowest BCUT2D eigenvalue weighted by atomic mass is 9.89. The molecule has 11 nitrogen and oxygen atoms in total. The molecule has 278 valence electrons. The predicted octanol–water partition coefficient (Wildman–Crippen LogP) is 4.34. The van der Waals surface area contributed by atoms with E-state index in [-0.39, 0.29) is 55.0 Å². The van der Waals surface area contributed by atoms with Gasteiger partial charge < -0.3 is 34.1 Å². The van der Waals surface area contributed by atoms with Crippen molar-refractivity contribution in [2.45, 2.75) is 94.3 Å². The van der Waals surface area contributed by atoms with Crippen molar-refractivity contribution in [3.05, 3.63) is 59.2 Å². The first kappa shape index (κ1) is 38.5. The number of rotatable bonds is 11. The average Bonchev–Trinajstić information content (AvgIpc) is 3.49. The molecule has 0 bridgehead atoms. The summed E-state index contributed by atoms with van der Waals surface area (Å²) >= 11 is 0. The Hall–Kier alpha value is -2.72. The molecule has 2 aromatic rings. The summed E-state index contributed by atoms with van der Waals surface area (Å²) in [7, 11) is -2.67. The van der Waals surface area contributed by atoms with Gasteiger partial charge in [-0.2, -0.15) is 4.31 Å². The molecule has 50 heavy (non-hydrogen) atoms. The lowest BCUT2D eigenvalue weighted by molar-refractivity contribution is -0.196. The standard InChI is InChI=1S/C36H50F2N2O9S/c1-3-39-30-23-48-36-35(30)32(11-14-47-36)49-34(42)19-25(15-24-16-27(37)20-28(38)17-24)31(41)21-40-12-7-5-4-6-8-13-46-22-26-18-29(45-2)9-10-33(26)50(40,43)44/h9-10,16-18,20,25,30-32,35-36,39,41H,3-8,11-15,19,21-23H2,1-2H3/t25-,30+,31-,32+,35+,36+/m1/s1. The van der Waals surface area contributed by atoms with Gasteiger partial charge in [0.1, 0.15) is 23.5 Å². The second-order valence-corrected chi connectivity index (χ2v) is 15.2. The van der Waals surface area contributed by atoms with Gasteiger partial charge >= 0.3 is 5.97 Å². The fourth-order valence-corrected chi connectivity index (χ4v) is 8.84. The predicted molar refractivity (Wildman–Crippen MR) is 180 cm³/mol. The van der Waals surface area contributed by atoms with Crippen LogP contribution >= 0.6 is 0 Å². The van der Waals surface area contributed by atoms with Crippen molar-refractivity contribution in [3.63, 3.8) is 0 Å². The number of carbonyl (C=O) groups excluding carboxylic acids is 1. The summed E-state index contributed by atoms with van der Waals surface area (Å²) in [6.07, 6.45) is 1.67. The highest BCUT2D eigenvalue weighted by Crippen LogP contribution is 2.34. The van der Waals surface area contributed by atoms with E-state index >= 15 is 0 Å². The Kier molecular flexibility index (Phi) is 14.0. The third-order valence-electron chi connectivity index (χ3n) is 9.71. The van der Waals surface area contributed by atoms with Gasteiger partial charge in [0.05, 0.1) is 50.3 Å². The van der Waals surface area contributed by atoms with Gasteiger partial charge in [0.25, 0.3) is 0 Å². The maximum absolute atomic E-state index is 14.3. The van der Waals surface area contributed by atoms with Gasteiger partial charge in [-0.15, -0.1) is 0 Å². The van der Waals surface area contributed by atoms with Crippen LogP contribution in [0.1, 0.15) is 63.0 Å². The summed E-state index contributed by atoms with van der Waals surface area (Å²) in [5.74, 6) is -2.88. The number of halogens is 2. The van der Waals surface area contributed by atoms with Crippen LogP contribution in [0.15, 0.2) is 41.3 Å². The van der Waals surface area contributed by atoms with E-state index in [0.717, 1.165) is 43.9 Å². The van der Waals surface area contributed by atoms with Gasteiger partial charge in [0.2, 0.25) is 10.0 Å². The van der Waals surface area contributed by atoms with Crippen LogP contribution < -0.4 is 10.1 Å². The van der Waals surface area contributed by atoms with Gasteiger partial charge in [0, 0.05) is 49.7 Å². The van der Waals surface area contributed by atoms with Crippen LogP contribution in [0.25, 0.3) is 0 Å². The van der Waals surface area contributed by atoms with Crippen LogP contribution in [0.3, 0.4) is 0 Å². The number of hydrogen-bond acceptors (Lipinski definition) is 10. The minimum Gasteiger partial charge on any atom is -0.497 e. The summed E-state index contributed by atoms with van der Waals surface area (Å²) in [4.78, 5) is 13.6. The Balaban J connectivity index is 1.40. The Labute approximate surface area is 293 Å². The van der Waals surface area contributed by atoms with Crippen molar-refractivity contribution >= 4 is 16.0 Å².